The third-order valence-electron chi connectivity index (χ3n) is 17.0. The molecular formula is C60H60O9. The largest absolute Gasteiger partial charge is 0.508 e. The molecule has 0 aromatic heterocycles. The van der Waals surface area contributed by atoms with E-state index < -0.39 is 23.0 Å². The van der Waals surface area contributed by atoms with Gasteiger partial charge in [-0.05, 0) is 166 Å². The van der Waals surface area contributed by atoms with Gasteiger partial charge in [-0.2, -0.15) is 0 Å². The van der Waals surface area contributed by atoms with Crippen molar-refractivity contribution in [3.63, 3.8) is 0 Å². The second-order valence-electron chi connectivity index (χ2n) is 20.5. The van der Waals surface area contributed by atoms with E-state index in [0.717, 1.165) is 87.4 Å². The average Bonchev–Trinajstić information content (AvgIpc) is 3.86. The molecule has 9 nitrogen and oxygen atoms in total. The number of phenolic OH excluding ortho intramolecular Hbond substituents is 3. The first-order valence-electron chi connectivity index (χ1n) is 24.7. The molecule has 9 heteroatoms. The SMILES string of the molecule is COc1cc2c(cc1O)C1CCC3Cc4cc(O)c(OC)cc4C4CC(OC(=O)C5(c6ccc7cc(O)cc(-c8ccccc8)c7c6)CCCC5)CC(OC(C)=O)C(C2)C1(C=Cc1ccccc1)C34. The lowest BCUT2D eigenvalue weighted by Gasteiger charge is -2.64. The molecule has 11 rings (SSSR count). The van der Waals surface area contributed by atoms with E-state index in [1.807, 2.05) is 84.9 Å². The van der Waals surface area contributed by atoms with Crippen LogP contribution in [-0.4, -0.2) is 53.7 Å². The molecule has 3 saturated carbocycles. The highest BCUT2D eigenvalue weighted by molar-refractivity contribution is 5.99. The van der Waals surface area contributed by atoms with Crippen LogP contribution in [0.3, 0.4) is 0 Å². The fourth-order valence-corrected chi connectivity index (χ4v) is 14.3. The van der Waals surface area contributed by atoms with Crippen LogP contribution < -0.4 is 9.47 Å². The summed E-state index contributed by atoms with van der Waals surface area (Å²) in [4.78, 5) is 29.1. The Balaban J connectivity index is 1.08. The average molecular weight is 925 g/mol. The zero-order valence-corrected chi connectivity index (χ0v) is 39.5. The Morgan fingerprint density at radius 1 is 0.710 bits per heavy atom. The molecule has 0 radical (unpaired) electrons. The van der Waals surface area contributed by atoms with Crippen LogP contribution in [0.2, 0.25) is 0 Å². The van der Waals surface area contributed by atoms with Gasteiger partial charge in [-0.1, -0.05) is 97.8 Å². The maximum atomic E-state index is 15.6. The van der Waals surface area contributed by atoms with Gasteiger partial charge in [0.15, 0.2) is 23.0 Å². The molecule has 3 fully saturated rings. The zero-order valence-electron chi connectivity index (χ0n) is 39.5. The number of ether oxygens (including phenoxy) is 4. The summed E-state index contributed by atoms with van der Waals surface area (Å²) >= 11 is 0. The molecule has 3 N–H and O–H groups in total. The van der Waals surface area contributed by atoms with Gasteiger partial charge >= 0.3 is 11.9 Å². The summed E-state index contributed by atoms with van der Waals surface area (Å²) in [6, 6.07) is 37.8. The van der Waals surface area contributed by atoms with Crippen molar-refractivity contribution in [2.75, 3.05) is 14.2 Å². The number of rotatable bonds is 9. The predicted octanol–water partition coefficient (Wildman–Crippen LogP) is 12.1. The number of methoxy groups -OCH3 is 2. The Morgan fingerprint density at radius 3 is 2.16 bits per heavy atom. The van der Waals surface area contributed by atoms with Crippen LogP contribution in [0.5, 0.6) is 28.7 Å². The van der Waals surface area contributed by atoms with Crippen molar-refractivity contribution < 1.29 is 43.9 Å². The van der Waals surface area contributed by atoms with Gasteiger partial charge in [-0.25, -0.2) is 0 Å². The van der Waals surface area contributed by atoms with Crippen LogP contribution in [0.25, 0.3) is 28.0 Å². The summed E-state index contributed by atoms with van der Waals surface area (Å²) in [5, 5.41) is 35.4. The predicted molar refractivity (Wildman–Crippen MR) is 266 cm³/mol. The molecule has 5 aliphatic rings. The smallest absolute Gasteiger partial charge is 0.316 e. The Bertz CT molecular complexity index is 2970. The van der Waals surface area contributed by atoms with Crippen LogP contribution in [-0.2, 0) is 37.3 Å². The zero-order chi connectivity index (χ0) is 47.6. The molecule has 6 aromatic rings. The van der Waals surface area contributed by atoms with Crippen LogP contribution >= 0.6 is 0 Å². The van der Waals surface area contributed by atoms with Crippen molar-refractivity contribution in [2.24, 2.45) is 23.2 Å². The van der Waals surface area contributed by atoms with Crippen LogP contribution in [0.4, 0.5) is 0 Å². The summed E-state index contributed by atoms with van der Waals surface area (Å²) in [6.07, 6.45) is 10.2. The van der Waals surface area contributed by atoms with Gasteiger partial charge in [0, 0.05) is 24.7 Å². The maximum absolute atomic E-state index is 15.6. The highest BCUT2D eigenvalue weighted by atomic mass is 16.6. The Morgan fingerprint density at radius 2 is 1.42 bits per heavy atom. The molecular weight excluding hydrogens is 865 g/mol. The summed E-state index contributed by atoms with van der Waals surface area (Å²) < 4.78 is 25.2. The molecule has 8 unspecified atom stereocenters. The standard InChI is InChI=1S/C60H60O9/c1-35(61)68-54-32-44(69-58(65)59(21-10-11-22-59)42-18-16-38-25-43(62)30-46(45(38)29-42)37-14-8-5-9-15-37)31-49-47-34-56(67-3)52(63)27-40(47)24-39-17-19-50-48-33-53(64)55(66-2)28-41(48)26-51(54)60(50,57(39)49)23-20-36-12-6-4-7-13-36/h4-9,12-16,18,20,23,25,27-30,33-34,39,44,49-51,54,57,62-64H,10-11,17,19,21-22,24,26,31-32H2,1-3H3. The van der Waals surface area contributed by atoms with Gasteiger partial charge in [0.05, 0.1) is 19.6 Å². The highest BCUT2D eigenvalue weighted by Crippen LogP contribution is 2.70. The molecule has 0 amide bonds. The maximum Gasteiger partial charge on any atom is 0.316 e. The topological polar surface area (TPSA) is 132 Å². The lowest BCUT2D eigenvalue weighted by molar-refractivity contribution is -0.173. The van der Waals surface area contributed by atoms with E-state index in [4.69, 9.17) is 18.9 Å². The summed E-state index contributed by atoms with van der Waals surface area (Å²) in [5.74, 6) is 0.215. The molecule has 8 atom stereocenters. The highest BCUT2D eigenvalue weighted by Gasteiger charge is 2.64. The van der Waals surface area contributed by atoms with E-state index in [0.29, 0.717) is 37.2 Å². The summed E-state index contributed by atoms with van der Waals surface area (Å²) in [5.41, 5.74) is 6.61. The molecule has 0 aliphatic heterocycles. The number of hydrogen-bond donors (Lipinski definition) is 3. The fraction of sp³-hybridized carbons (Fsp3) is 0.367. The molecule has 0 bridgehead atoms. The van der Waals surface area contributed by atoms with Crippen molar-refractivity contribution in [1.29, 1.82) is 0 Å². The molecule has 69 heavy (non-hydrogen) atoms. The van der Waals surface area contributed by atoms with Crippen LogP contribution in [0.15, 0.2) is 121 Å². The second-order valence-corrected chi connectivity index (χ2v) is 20.5. The van der Waals surface area contributed by atoms with Gasteiger partial charge in [0.25, 0.3) is 0 Å². The molecule has 0 saturated heterocycles. The summed E-state index contributed by atoms with van der Waals surface area (Å²) in [6.45, 7) is 1.47. The number of carbonyl (C=O) groups excluding carboxylic acids is 2. The van der Waals surface area contributed by atoms with Crippen LogP contribution in [0.1, 0.15) is 104 Å². The van der Waals surface area contributed by atoms with Crippen molar-refractivity contribution in [2.45, 2.75) is 101 Å². The molecule has 6 aromatic carbocycles. The van der Waals surface area contributed by atoms with Gasteiger partial charge in [0.1, 0.15) is 18.0 Å². The normalized spacial score (nSPS) is 26.4. The molecule has 0 spiro atoms. The molecule has 354 valence electrons. The van der Waals surface area contributed by atoms with Crippen molar-refractivity contribution >= 4 is 28.8 Å². The number of hydrogen-bond acceptors (Lipinski definition) is 9. The van der Waals surface area contributed by atoms with E-state index in [9.17, 15) is 20.1 Å². The Kier molecular flexibility index (Phi) is 11.4. The van der Waals surface area contributed by atoms with Gasteiger partial charge in [0.2, 0.25) is 0 Å². The number of carbonyl (C=O) groups is 2. The quantitative estimate of drug-likeness (QED) is 0.121. The van der Waals surface area contributed by atoms with E-state index >= 15 is 4.79 Å². The van der Waals surface area contributed by atoms with Crippen molar-refractivity contribution in [1.82, 2.24) is 0 Å². The molecule has 0 heterocycles. The van der Waals surface area contributed by atoms with Crippen molar-refractivity contribution in [3.05, 3.63) is 155 Å². The van der Waals surface area contributed by atoms with E-state index in [2.05, 4.69) is 30.4 Å². The minimum atomic E-state index is -0.915. The first kappa shape index (κ1) is 44.7. The Hall–Kier alpha value is -6.74. The number of fused-ring (bicyclic) bond motifs is 5. The monoisotopic (exact) mass is 924 g/mol. The number of esters is 2. The summed E-state index contributed by atoms with van der Waals surface area (Å²) in [7, 11) is 3.14. The van der Waals surface area contributed by atoms with Gasteiger partial charge in [-0.15, -0.1) is 0 Å². The second kappa shape index (κ2) is 17.7. The van der Waals surface area contributed by atoms with E-state index in [1.165, 1.54) is 6.92 Å². The lowest BCUT2D eigenvalue weighted by Crippen LogP contribution is -2.59. The number of aromatic hydroxyl groups is 3. The first-order valence-corrected chi connectivity index (χ1v) is 24.7. The van der Waals surface area contributed by atoms with Gasteiger partial charge in [-0.3, -0.25) is 9.59 Å². The van der Waals surface area contributed by atoms with Crippen molar-refractivity contribution in [3.8, 4) is 39.9 Å². The third-order valence-corrected chi connectivity index (χ3v) is 17.0. The van der Waals surface area contributed by atoms with E-state index in [-0.39, 0.29) is 65.2 Å². The Labute approximate surface area is 403 Å². The van der Waals surface area contributed by atoms with Gasteiger partial charge < -0.3 is 34.3 Å². The minimum Gasteiger partial charge on any atom is -0.508 e. The number of allylic oxidation sites excluding steroid dienone is 1. The number of benzene rings is 6. The fourth-order valence-electron chi connectivity index (χ4n) is 14.3. The third kappa shape index (κ3) is 7.60. The number of phenols is 3. The minimum absolute atomic E-state index is 0.0198. The molecule has 5 aliphatic carbocycles. The lowest BCUT2D eigenvalue weighted by atomic mass is 9.40. The van der Waals surface area contributed by atoms with E-state index in [1.54, 1.807) is 26.4 Å². The van der Waals surface area contributed by atoms with Crippen LogP contribution in [0, 0.1) is 23.2 Å². The first-order chi connectivity index (χ1) is 33.5.